The minimum atomic E-state index is -0.418. The summed E-state index contributed by atoms with van der Waals surface area (Å²) in [6.45, 7) is 0. The fourth-order valence-electron chi connectivity index (χ4n) is 1.88. The zero-order valence-electron chi connectivity index (χ0n) is 5.86. The van der Waals surface area contributed by atoms with Gasteiger partial charge in [-0.1, -0.05) is 0 Å². The summed E-state index contributed by atoms with van der Waals surface area (Å²) >= 11 is 0. The van der Waals surface area contributed by atoms with E-state index < -0.39 is 6.10 Å². The SMILES string of the molecule is N[C@@H]1C[C@@H]2CC[C@@H](O2)[C@H]1O. The van der Waals surface area contributed by atoms with Gasteiger partial charge in [0.1, 0.15) is 0 Å². The molecule has 0 radical (unpaired) electrons. The van der Waals surface area contributed by atoms with Gasteiger partial charge in [-0.2, -0.15) is 0 Å². The summed E-state index contributed by atoms with van der Waals surface area (Å²) < 4.78 is 5.45. The van der Waals surface area contributed by atoms with Crippen LogP contribution in [0.15, 0.2) is 0 Å². The minimum Gasteiger partial charge on any atom is -0.389 e. The first-order valence-corrected chi connectivity index (χ1v) is 3.86. The van der Waals surface area contributed by atoms with Crippen LogP contribution in [0.3, 0.4) is 0 Å². The van der Waals surface area contributed by atoms with Crippen molar-refractivity contribution in [2.24, 2.45) is 5.73 Å². The molecule has 2 saturated heterocycles. The predicted molar refractivity (Wildman–Crippen MR) is 36.5 cm³/mol. The van der Waals surface area contributed by atoms with Crippen LogP contribution in [-0.2, 0) is 4.74 Å². The van der Waals surface area contributed by atoms with Crippen molar-refractivity contribution in [1.82, 2.24) is 0 Å². The second-order valence-corrected chi connectivity index (χ2v) is 3.26. The zero-order chi connectivity index (χ0) is 7.14. The van der Waals surface area contributed by atoms with E-state index in [-0.39, 0.29) is 12.1 Å². The maximum Gasteiger partial charge on any atom is 0.0953 e. The number of hydrogen-bond donors (Lipinski definition) is 2. The number of hydrogen-bond acceptors (Lipinski definition) is 3. The molecule has 3 nitrogen and oxygen atoms in total. The monoisotopic (exact) mass is 143 g/mol. The number of rotatable bonds is 0. The first kappa shape index (κ1) is 6.58. The highest BCUT2D eigenvalue weighted by molar-refractivity contribution is 4.92. The third-order valence-electron chi connectivity index (χ3n) is 2.50. The Kier molecular flexibility index (Phi) is 1.44. The molecular weight excluding hydrogens is 130 g/mol. The third-order valence-corrected chi connectivity index (χ3v) is 2.50. The molecule has 2 rings (SSSR count). The van der Waals surface area contributed by atoms with E-state index in [1.54, 1.807) is 0 Å². The standard InChI is InChI=1S/C7H13NO2/c8-5-3-4-1-2-6(10-4)7(5)9/h4-7,9H,1-3,8H2/t4-,5+,6+,7-/m0/s1. The van der Waals surface area contributed by atoms with E-state index in [0.717, 1.165) is 19.3 Å². The predicted octanol–water partition coefficient (Wildman–Crippen LogP) is -0.374. The molecule has 2 aliphatic rings. The molecule has 3 heteroatoms. The van der Waals surface area contributed by atoms with Gasteiger partial charge < -0.3 is 15.6 Å². The maximum absolute atomic E-state index is 9.41. The van der Waals surface area contributed by atoms with Gasteiger partial charge in [0.25, 0.3) is 0 Å². The summed E-state index contributed by atoms with van der Waals surface area (Å²) in [6.07, 6.45) is 2.85. The normalized spacial score (nSPS) is 53.4. The summed E-state index contributed by atoms with van der Waals surface area (Å²) in [6, 6.07) is -0.0498. The van der Waals surface area contributed by atoms with E-state index in [1.165, 1.54) is 0 Å². The second-order valence-electron chi connectivity index (χ2n) is 3.26. The van der Waals surface area contributed by atoms with E-state index in [2.05, 4.69) is 0 Å². The Morgan fingerprint density at radius 2 is 2.20 bits per heavy atom. The summed E-state index contributed by atoms with van der Waals surface area (Å²) in [7, 11) is 0. The summed E-state index contributed by atoms with van der Waals surface area (Å²) in [5, 5.41) is 9.41. The van der Waals surface area contributed by atoms with Gasteiger partial charge in [0, 0.05) is 6.04 Å². The Balaban J connectivity index is 2.09. The molecule has 0 saturated carbocycles. The Morgan fingerprint density at radius 3 is 3.00 bits per heavy atom. The number of aliphatic hydroxyl groups is 1. The Bertz CT molecular complexity index is 140. The highest BCUT2D eigenvalue weighted by Crippen LogP contribution is 2.31. The number of ether oxygens (including phenoxy) is 1. The quantitative estimate of drug-likeness (QED) is 0.486. The van der Waals surface area contributed by atoms with E-state index in [1.807, 2.05) is 0 Å². The van der Waals surface area contributed by atoms with Crippen molar-refractivity contribution in [2.45, 2.75) is 43.6 Å². The highest BCUT2D eigenvalue weighted by atomic mass is 16.5. The molecule has 2 fully saturated rings. The summed E-state index contributed by atoms with van der Waals surface area (Å²) in [5.41, 5.74) is 5.67. The smallest absolute Gasteiger partial charge is 0.0953 e. The first-order valence-electron chi connectivity index (χ1n) is 3.86. The Hall–Kier alpha value is -0.120. The van der Waals surface area contributed by atoms with Crippen molar-refractivity contribution in [3.8, 4) is 0 Å². The molecule has 4 atom stereocenters. The lowest BCUT2D eigenvalue weighted by Crippen LogP contribution is -2.48. The van der Waals surface area contributed by atoms with Crippen LogP contribution in [0, 0.1) is 0 Å². The van der Waals surface area contributed by atoms with Gasteiger partial charge in [-0.15, -0.1) is 0 Å². The van der Waals surface area contributed by atoms with Gasteiger partial charge in [0.15, 0.2) is 0 Å². The van der Waals surface area contributed by atoms with E-state index in [4.69, 9.17) is 10.5 Å². The largest absolute Gasteiger partial charge is 0.389 e. The van der Waals surface area contributed by atoms with Crippen molar-refractivity contribution in [1.29, 1.82) is 0 Å². The van der Waals surface area contributed by atoms with Crippen LogP contribution in [0.5, 0.6) is 0 Å². The third kappa shape index (κ3) is 0.856. The number of nitrogens with two attached hydrogens (primary N) is 1. The van der Waals surface area contributed by atoms with Gasteiger partial charge in [-0.25, -0.2) is 0 Å². The number of fused-ring (bicyclic) bond motifs is 2. The summed E-state index contributed by atoms with van der Waals surface area (Å²) in [4.78, 5) is 0. The topological polar surface area (TPSA) is 55.5 Å². The van der Waals surface area contributed by atoms with E-state index in [9.17, 15) is 5.11 Å². The molecule has 0 aliphatic carbocycles. The van der Waals surface area contributed by atoms with Crippen LogP contribution in [-0.4, -0.2) is 29.5 Å². The van der Waals surface area contributed by atoms with Crippen molar-refractivity contribution < 1.29 is 9.84 Å². The van der Waals surface area contributed by atoms with Gasteiger partial charge in [-0.05, 0) is 19.3 Å². The van der Waals surface area contributed by atoms with E-state index >= 15 is 0 Å². The van der Waals surface area contributed by atoms with Crippen LogP contribution < -0.4 is 5.73 Å². The molecule has 3 N–H and O–H groups in total. The molecule has 0 aromatic rings. The highest BCUT2D eigenvalue weighted by Gasteiger charge is 2.40. The van der Waals surface area contributed by atoms with Crippen molar-refractivity contribution in [2.75, 3.05) is 0 Å². The maximum atomic E-state index is 9.41. The van der Waals surface area contributed by atoms with Crippen LogP contribution in [0.2, 0.25) is 0 Å². The molecular formula is C7H13NO2. The van der Waals surface area contributed by atoms with Crippen molar-refractivity contribution in [3.63, 3.8) is 0 Å². The molecule has 0 aromatic carbocycles. The second kappa shape index (κ2) is 2.19. The van der Waals surface area contributed by atoms with Gasteiger partial charge in [0.2, 0.25) is 0 Å². The van der Waals surface area contributed by atoms with E-state index in [0.29, 0.717) is 6.10 Å². The number of aliphatic hydroxyl groups excluding tert-OH is 1. The zero-order valence-corrected chi connectivity index (χ0v) is 5.86. The van der Waals surface area contributed by atoms with Crippen molar-refractivity contribution in [3.05, 3.63) is 0 Å². The lowest BCUT2D eigenvalue weighted by atomic mass is 10.0. The average Bonchev–Trinajstić information content (AvgIpc) is 2.29. The average molecular weight is 143 g/mol. The molecule has 2 bridgehead atoms. The molecule has 0 aromatic heterocycles. The molecule has 58 valence electrons. The Morgan fingerprint density at radius 1 is 1.40 bits per heavy atom. The molecule has 0 spiro atoms. The molecule has 2 aliphatic heterocycles. The van der Waals surface area contributed by atoms with Crippen molar-refractivity contribution >= 4 is 0 Å². The van der Waals surface area contributed by atoms with Crippen LogP contribution in [0.1, 0.15) is 19.3 Å². The lowest BCUT2D eigenvalue weighted by Gasteiger charge is -2.30. The molecule has 10 heavy (non-hydrogen) atoms. The fraction of sp³-hybridized carbons (Fsp3) is 1.00. The minimum absolute atomic E-state index is 0.0359. The molecule has 0 unspecified atom stereocenters. The van der Waals surface area contributed by atoms with Crippen LogP contribution >= 0.6 is 0 Å². The molecule has 2 heterocycles. The van der Waals surface area contributed by atoms with Gasteiger partial charge in [-0.3, -0.25) is 0 Å². The van der Waals surface area contributed by atoms with Gasteiger partial charge >= 0.3 is 0 Å². The van der Waals surface area contributed by atoms with Crippen LogP contribution in [0.25, 0.3) is 0 Å². The fourth-order valence-corrected chi connectivity index (χ4v) is 1.88. The lowest BCUT2D eigenvalue weighted by molar-refractivity contribution is -0.0849. The first-order chi connectivity index (χ1) is 4.77. The Labute approximate surface area is 60.2 Å². The van der Waals surface area contributed by atoms with Gasteiger partial charge in [0.05, 0.1) is 18.3 Å². The van der Waals surface area contributed by atoms with Crippen LogP contribution in [0.4, 0.5) is 0 Å². The summed E-state index contributed by atoms with van der Waals surface area (Å²) in [5.74, 6) is 0. The molecule has 0 amide bonds.